The summed E-state index contributed by atoms with van der Waals surface area (Å²) >= 11 is 5.85. The maximum Gasteiger partial charge on any atom is 0.224 e. The molecule has 0 aromatic heterocycles. The summed E-state index contributed by atoms with van der Waals surface area (Å²) in [6.45, 7) is 0.591. The Kier molecular flexibility index (Phi) is 5.77. The number of rotatable bonds is 6. The summed E-state index contributed by atoms with van der Waals surface area (Å²) in [6, 6.07) is 7.95. The third kappa shape index (κ3) is 4.73. The minimum absolute atomic E-state index is 0.00718. The van der Waals surface area contributed by atoms with Gasteiger partial charge in [0.2, 0.25) is 11.8 Å². The molecule has 1 aromatic carbocycles. The van der Waals surface area contributed by atoms with Gasteiger partial charge in [0.25, 0.3) is 0 Å². The fourth-order valence-electron chi connectivity index (χ4n) is 3.44. The molecular formula is C19H25ClN2O2. The van der Waals surface area contributed by atoms with Crippen molar-refractivity contribution in [2.24, 2.45) is 11.8 Å². The molecule has 24 heavy (non-hydrogen) atoms. The van der Waals surface area contributed by atoms with E-state index in [1.165, 1.54) is 19.3 Å². The quantitative estimate of drug-likeness (QED) is 0.830. The van der Waals surface area contributed by atoms with Gasteiger partial charge in [-0.3, -0.25) is 9.59 Å². The van der Waals surface area contributed by atoms with Crippen LogP contribution >= 0.6 is 11.6 Å². The van der Waals surface area contributed by atoms with Crippen molar-refractivity contribution in [2.75, 3.05) is 6.54 Å². The molecule has 0 radical (unpaired) electrons. The van der Waals surface area contributed by atoms with Crippen LogP contribution in [0.2, 0.25) is 5.02 Å². The van der Waals surface area contributed by atoms with Crippen molar-refractivity contribution in [1.82, 2.24) is 10.6 Å². The molecular weight excluding hydrogens is 324 g/mol. The molecule has 4 nitrogen and oxygen atoms in total. The van der Waals surface area contributed by atoms with E-state index in [1.807, 2.05) is 24.3 Å². The lowest BCUT2D eigenvalue weighted by molar-refractivity contribution is -0.127. The van der Waals surface area contributed by atoms with Crippen LogP contribution in [0.25, 0.3) is 0 Å². The predicted molar refractivity (Wildman–Crippen MR) is 94.8 cm³/mol. The van der Waals surface area contributed by atoms with Gasteiger partial charge >= 0.3 is 0 Å². The van der Waals surface area contributed by atoms with Crippen LogP contribution in [0.3, 0.4) is 0 Å². The summed E-state index contributed by atoms with van der Waals surface area (Å²) < 4.78 is 0. The topological polar surface area (TPSA) is 58.2 Å². The molecule has 5 heteroatoms. The van der Waals surface area contributed by atoms with E-state index in [2.05, 4.69) is 10.6 Å². The Morgan fingerprint density at radius 3 is 2.38 bits per heavy atom. The minimum Gasteiger partial charge on any atom is -0.356 e. The van der Waals surface area contributed by atoms with E-state index in [0.29, 0.717) is 24.0 Å². The maximum atomic E-state index is 12.2. The van der Waals surface area contributed by atoms with Gasteiger partial charge in [0, 0.05) is 17.6 Å². The molecule has 0 heterocycles. The molecule has 2 unspecified atom stereocenters. The van der Waals surface area contributed by atoms with Gasteiger partial charge in [-0.25, -0.2) is 0 Å². The van der Waals surface area contributed by atoms with E-state index >= 15 is 0 Å². The van der Waals surface area contributed by atoms with E-state index in [0.717, 1.165) is 24.8 Å². The average molecular weight is 349 g/mol. The molecule has 2 amide bonds. The van der Waals surface area contributed by atoms with Gasteiger partial charge in [-0.15, -0.1) is 0 Å². The molecule has 2 saturated carbocycles. The first kappa shape index (κ1) is 17.3. The summed E-state index contributed by atoms with van der Waals surface area (Å²) in [7, 11) is 0. The molecule has 0 aliphatic heterocycles. The lowest BCUT2D eigenvalue weighted by atomic mass is 9.95. The molecule has 0 saturated heterocycles. The van der Waals surface area contributed by atoms with Crippen molar-refractivity contribution in [2.45, 2.75) is 51.0 Å². The van der Waals surface area contributed by atoms with E-state index in [9.17, 15) is 9.59 Å². The Morgan fingerprint density at radius 1 is 1.00 bits per heavy atom. The van der Waals surface area contributed by atoms with Crippen LogP contribution in [0, 0.1) is 11.8 Å². The number of benzene rings is 1. The van der Waals surface area contributed by atoms with Crippen LogP contribution < -0.4 is 10.6 Å². The molecule has 3 rings (SSSR count). The zero-order valence-electron chi connectivity index (χ0n) is 13.9. The Labute approximate surface area is 148 Å². The van der Waals surface area contributed by atoms with Gasteiger partial charge in [-0.1, -0.05) is 43.0 Å². The van der Waals surface area contributed by atoms with Crippen molar-refractivity contribution in [1.29, 1.82) is 0 Å². The molecule has 2 aliphatic rings. The van der Waals surface area contributed by atoms with Gasteiger partial charge in [-0.2, -0.15) is 0 Å². The number of nitrogens with one attached hydrogen (secondary N) is 2. The van der Waals surface area contributed by atoms with Crippen molar-refractivity contribution in [3.63, 3.8) is 0 Å². The molecule has 2 N–H and O–H groups in total. The summed E-state index contributed by atoms with van der Waals surface area (Å²) in [5.41, 5.74) is 1.14. The summed E-state index contributed by atoms with van der Waals surface area (Å²) in [5, 5.41) is 6.78. The highest BCUT2D eigenvalue weighted by Gasteiger charge is 2.48. The predicted octanol–water partition coefficient (Wildman–Crippen LogP) is 3.08. The van der Waals surface area contributed by atoms with Crippen LogP contribution in [-0.4, -0.2) is 24.4 Å². The highest BCUT2D eigenvalue weighted by Crippen LogP contribution is 2.39. The number of carbonyl (C=O) groups excluding carboxylic acids is 2. The SMILES string of the molecule is O=C(NCCc1ccc(Cl)cc1)C1CC1C(=O)NC1CCCCC1. The number of hydrogen-bond acceptors (Lipinski definition) is 2. The first-order valence-corrected chi connectivity index (χ1v) is 9.34. The third-order valence-electron chi connectivity index (χ3n) is 5.04. The first-order valence-electron chi connectivity index (χ1n) is 8.96. The van der Waals surface area contributed by atoms with Crippen molar-refractivity contribution >= 4 is 23.4 Å². The Hall–Kier alpha value is -1.55. The average Bonchev–Trinajstić information content (AvgIpc) is 3.38. The molecule has 2 fully saturated rings. The summed E-state index contributed by atoms with van der Waals surface area (Å²) in [4.78, 5) is 24.4. The number of carbonyl (C=O) groups is 2. The maximum absolute atomic E-state index is 12.2. The van der Waals surface area contributed by atoms with Crippen LogP contribution in [0.5, 0.6) is 0 Å². The highest BCUT2D eigenvalue weighted by atomic mass is 35.5. The van der Waals surface area contributed by atoms with Crippen LogP contribution in [0.15, 0.2) is 24.3 Å². The zero-order chi connectivity index (χ0) is 16.9. The van der Waals surface area contributed by atoms with Crippen molar-refractivity contribution < 1.29 is 9.59 Å². The smallest absolute Gasteiger partial charge is 0.224 e. The lowest BCUT2D eigenvalue weighted by Crippen LogP contribution is -2.38. The van der Waals surface area contributed by atoms with Crippen LogP contribution in [0.4, 0.5) is 0 Å². The fraction of sp³-hybridized carbons (Fsp3) is 0.579. The largest absolute Gasteiger partial charge is 0.356 e. The Balaban J connectivity index is 1.36. The molecule has 130 valence electrons. The molecule has 2 atom stereocenters. The second-order valence-electron chi connectivity index (χ2n) is 6.96. The van der Waals surface area contributed by atoms with Crippen LogP contribution in [-0.2, 0) is 16.0 Å². The monoisotopic (exact) mass is 348 g/mol. The Morgan fingerprint density at radius 2 is 1.67 bits per heavy atom. The summed E-state index contributed by atoms with van der Waals surface area (Å²) in [5.74, 6) is -0.186. The number of halogens is 1. The van der Waals surface area contributed by atoms with Gasteiger partial charge in [-0.05, 0) is 43.4 Å². The minimum atomic E-state index is -0.140. The third-order valence-corrected chi connectivity index (χ3v) is 5.29. The summed E-state index contributed by atoms with van der Waals surface area (Å²) in [6.07, 6.45) is 7.29. The molecule has 2 aliphatic carbocycles. The number of amides is 2. The normalized spacial score (nSPS) is 23.5. The van der Waals surface area contributed by atoms with E-state index in [1.54, 1.807) is 0 Å². The number of hydrogen-bond donors (Lipinski definition) is 2. The highest BCUT2D eigenvalue weighted by molar-refractivity contribution is 6.30. The van der Waals surface area contributed by atoms with Crippen molar-refractivity contribution in [3.8, 4) is 0 Å². The molecule has 0 spiro atoms. The molecule has 0 bridgehead atoms. The first-order chi connectivity index (χ1) is 11.6. The fourth-order valence-corrected chi connectivity index (χ4v) is 3.57. The second kappa shape index (κ2) is 8.02. The van der Waals surface area contributed by atoms with Gasteiger partial charge < -0.3 is 10.6 Å². The van der Waals surface area contributed by atoms with Crippen LogP contribution in [0.1, 0.15) is 44.1 Å². The van der Waals surface area contributed by atoms with Gasteiger partial charge in [0.15, 0.2) is 0 Å². The second-order valence-corrected chi connectivity index (χ2v) is 7.40. The van der Waals surface area contributed by atoms with Crippen molar-refractivity contribution in [3.05, 3.63) is 34.9 Å². The standard InChI is InChI=1S/C19H25ClN2O2/c20-14-8-6-13(7-9-14)10-11-21-18(23)16-12-17(16)19(24)22-15-4-2-1-3-5-15/h6-9,15-17H,1-5,10-12H2,(H,21,23)(H,22,24). The van der Waals surface area contributed by atoms with E-state index in [4.69, 9.17) is 11.6 Å². The zero-order valence-corrected chi connectivity index (χ0v) is 14.6. The van der Waals surface area contributed by atoms with Gasteiger partial charge in [0.1, 0.15) is 0 Å². The van der Waals surface area contributed by atoms with E-state index < -0.39 is 0 Å². The molecule has 1 aromatic rings. The van der Waals surface area contributed by atoms with Gasteiger partial charge in [0.05, 0.1) is 11.8 Å². The van der Waals surface area contributed by atoms with E-state index in [-0.39, 0.29) is 23.7 Å². The lowest BCUT2D eigenvalue weighted by Gasteiger charge is -2.22. The Bertz CT molecular complexity index is 582.